The second kappa shape index (κ2) is 42.8. The zero-order chi connectivity index (χ0) is 41.8. The lowest BCUT2D eigenvalue weighted by Crippen LogP contribution is -2.29. The summed E-state index contributed by atoms with van der Waals surface area (Å²) in [7, 11) is -4.38. The van der Waals surface area contributed by atoms with Gasteiger partial charge >= 0.3 is 19.8 Å². The summed E-state index contributed by atoms with van der Waals surface area (Å²) >= 11 is 0. The summed E-state index contributed by atoms with van der Waals surface area (Å²) in [5.41, 5.74) is 5.33. The van der Waals surface area contributed by atoms with Crippen LogP contribution >= 0.6 is 7.82 Å². The van der Waals surface area contributed by atoms with E-state index in [1.54, 1.807) is 0 Å². The van der Waals surface area contributed by atoms with Crippen LogP contribution in [0.4, 0.5) is 0 Å². The van der Waals surface area contributed by atoms with Gasteiger partial charge in [0.15, 0.2) is 6.10 Å². The van der Waals surface area contributed by atoms with Gasteiger partial charge in [0.2, 0.25) is 0 Å². The van der Waals surface area contributed by atoms with Crippen molar-refractivity contribution >= 4 is 19.8 Å². The van der Waals surface area contributed by atoms with Gasteiger partial charge in [-0.3, -0.25) is 18.6 Å². The van der Waals surface area contributed by atoms with Gasteiger partial charge in [-0.1, -0.05) is 170 Å². The molecule has 326 valence electrons. The Kier molecular flexibility index (Phi) is 40.7. The van der Waals surface area contributed by atoms with Crippen LogP contribution in [0.3, 0.4) is 0 Å². The molecule has 0 aromatic rings. The summed E-state index contributed by atoms with van der Waals surface area (Å²) in [5.74, 6) is -0.855. The highest BCUT2D eigenvalue weighted by atomic mass is 31.2. The molecule has 0 aliphatic heterocycles. The van der Waals surface area contributed by atoms with E-state index in [-0.39, 0.29) is 32.6 Å². The maximum absolute atomic E-state index is 12.5. The Labute approximate surface area is 347 Å². The van der Waals surface area contributed by atoms with E-state index in [4.69, 9.17) is 24.3 Å². The zero-order valence-corrected chi connectivity index (χ0v) is 36.7. The van der Waals surface area contributed by atoms with Gasteiger partial charge in [0.1, 0.15) is 6.61 Å². The predicted octanol–water partition coefficient (Wildman–Crippen LogP) is 12.8. The smallest absolute Gasteiger partial charge is 0.462 e. The van der Waals surface area contributed by atoms with Crippen LogP contribution in [0.5, 0.6) is 0 Å². The summed E-state index contributed by atoms with van der Waals surface area (Å²) in [6.07, 6.45) is 53.6. The molecule has 9 nitrogen and oxygen atoms in total. The Morgan fingerprint density at radius 3 is 1.44 bits per heavy atom. The number of rotatable bonds is 40. The van der Waals surface area contributed by atoms with Gasteiger partial charge in [-0.25, -0.2) is 4.57 Å². The van der Waals surface area contributed by atoms with Crippen molar-refractivity contribution in [3.8, 4) is 0 Å². The number of esters is 2. The first-order valence-corrected chi connectivity index (χ1v) is 23.6. The second-order valence-electron chi connectivity index (χ2n) is 14.2. The van der Waals surface area contributed by atoms with Crippen LogP contribution < -0.4 is 5.73 Å². The lowest BCUT2D eigenvalue weighted by Gasteiger charge is -2.19. The van der Waals surface area contributed by atoms with E-state index in [2.05, 4.69) is 98.9 Å². The van der Waals surface area contributed by atoms with Crippen molar-refractivity contribution in [3.63, 3.8) is 0 Å². The van der Waals surface area contributed by atoms with Crippen LogP contribution in [-0.4, -0.2) is 49.3 Å². The molecular weight excluding hydrogens is 737 g/mol. The Morgan fingerprint density at radius 2 is 0.965 bits per heavy atom. The molecule has 0 rings (SSSR count). The summed E-state index contributed by atoms with van der Waals surface area (Å²) in [4.78, 5) is 34.7. The molecule has 0 aromatic heterocycles. The fraction of sp³-hybridized carbons (Fsp3) is 0.660. The standard InChI is InChI=1S/C47H80NO8P/c1-3-5-7-9-11-12-13-14-15-16-17-18-19-20-21-22-23-24-25-26-27-28-29-30-31-32-34-36-38-40-47(50)56-45(44-55-57(51,52)54-42-41-48)43-53-46(49)39-37-35-33-10-8-6-4-2/h5,7,11-12,14-15,17-18,20-21,23-24,26-27,45H,3-4,6,8-10,13,16,19,22,25,28-44,48H2,1-2H3,(H,51,52)/b7-5-,12-11-,15-14-,18-17-,21-20-,24-23-,27-26-. The Morgan fingerprint density at radius 1 is 0.544 bits per heavy atom. The zero-order valence-electron chi connectivity index (χ0n) is 35.8. The summed E-state index contributed by atoms with van der Waals surface area (Å²) in [6, 6.07) is 0. The van der Waals surface area contributed by atoms with Crippen LogP contribution in [0.15, 0.2) is 85.1 Å². The first-order chi connectivity index (χ1) is 27.8. The van der Waals surface area contributed by atoms with Crippen LogP contribution in [-0.2, 0) is 32.7 Å². The largest absolute Gasteiger partial charge is 0.472 e. The number of nitrogens with two attached hydrogens (primary N) is 1. The van der Waals surface area contributed by atoms with E-state index in [1.807, 2.05) is 0 Å². The van der Waals surface area contributed by atoms with E-state index in [1.165, 1.54) is 38.5 Å². The molecular formula is C47H80NO8P. The Balaban J connectivity index is 4.04. The fourth-order valence-electron chi connectivity index (χ4n) is 5.55. The lowest BCUT2D eigenvalue weighted by molar-refractivity contribution is -0.161. The predicted molar refractivity (Wildman–Crippen MR) is 238 cm³/mol. The first kappa shape index (κ1) is 54.2. The molecule has 0 spiro atoms. The number of unbranched alkanes of at least 4 members (excludes halogenated alkanes) is 13. The van der Waals surface area contributed by atoms with Crippen LogP contribution in [0.2, 0.25) is 0 Å². The highest BCUT2D eigenvalue weighted by molar-refractivity contribution is 7.47. The van der Waals surface area contributed by atoms with E-state index in [9.17, 15) is 19.0 Å². The summed E-state index contributed by atoms with van der Waals surface area (Å²) in [6.45, 7) is 3.53. The fourth-order valence-corrected chi connectivity index (χ4v) is 6.32. The van der Waals surface area contributed by atoms with Gasteiger partial charge in [-0.15, -0.1) is 0 Å². The molecule has 0 radical (unpaired) electrons. The van der Waals surface area contributed by atoms with Crippen molar-refractivity contribution in [1.82, 2.24) is 0 Å². The lowest BCUT2D eigenvalue weighted by atomic mass is 10.1. The molecule has 0 fully saturated rings. The molecule has 2 unspecified atom stereocenters. The van der Waals surface area contributed by atoms with Crippen molar-refractivity contribution in [3.05, 3.63) is 85.1 Å². The quantitative estimate of drug-likeness (QED) is 0.0268. The first-order valence-electron chi connectivity index (χ1n) is 22.1. The third kappa shape index (κ3) is 42.6. The van der Waals surface area contributed by atoms with Gasteiger partial charge in [-0.05, 0) is 70.6 Å². The molecule has 2 atom stereocenters. The third-order valence-electron chi connectivity index (χ3n) is 8.80. The monoisotopic (exact) mass is 818 g/mol. The number of hydrogen-bond donors (Lipinski definition) is 2. The molecule has 0 aliphatic carbocycles. The third-order valence-corrected chi connectivity index (χ3v) is 9.78. The average molecular weight is 818 g/mol. The summed E-state index contributed by atoms with van der Waals surface area (Å²) in [5, 5.41) is 0. The normalized spacial score (nSPS) is 14.1. The molecule has 0 saturated heterocycles. The van der Waals surface area contributed by atoms with Gasteiger partial charge in [0.25, 0.3) is 0 Å². The van der Waals surface area contributed by atoms with Gasteiger partial charge in [-0.2, -0.15) is 0 Å². The van der Waals surface area contributed by atoms with Gasteiger partial charge < -0.3 is 20.1 Å². The molecule has 3 N–H and O–H groups in total. The Bertz CT molecular complexity index is 1210. The van der Waals surface area contributed by atoms with E-state index in [0.29, 0.717) is 6.42 Å². The van der Waals surface area contributed by atoms with E-state index in [0.717, 1.165) is 96.3 Å². The molecule has 0 aromatic carbocycles. The number of allylic oxidation sites excluding steroid dienone is 14. The molecule has 0 bridgehead atoms. The van der Waals surface area contributed by atoms with Gasteiger partial charge in [0, 0.05) is 19.4 Å². The van der Waals surface area contributed by atoms with Crippen molar-refractivity contribution in [2.75, 3.05) is 26.4 Å². The van der Waals surface area contributed by atoms with Crippen molar-refractivity contribution in [2.24, 2.45) is 5.73 Å². The van der Waals surface area contributed by atoms with Gasteiger partial charge in [0.05, 0.1) is 13.2 Å². The van der Waals surface area contributed by atoms with E-state index >= 15 is 0 Å². The molecule has 57 heavy (non-hydrogen) atoms. The molecule has 0 heterocycles. The molecule has 0 saturated carbocycles. The number of carbonyl (C=O) groups is 2. The van der Waals surface area contributed by atoms with Crippen molar-refractivity contribution in [2.45, 2.75) is 174 Å². The molecule has 10 heteroatoms. The minimum atomic E-state index is -4.38. The highest BCUT2D eigenvalue weighted by Gasteiger charge is 2.26. The molecule has 0 aliphatic rings. The summed E-state index contributed by atoms with van der Waals surface area (Å²) < 4.78 is 32.6. The number of phosphoric ester groups is 1. The maximum atomic E-state index is 12.5. The van der Waals surface area contributed by atoms with Crippen LogP contribution in [0, 0.1) is 0 Å². The number of hydrogen-bond acceptors (Lipinski definition) is 8. The molecule has 0 amide bonds. The number of carbonyl (C=O) groups excluding carboxylic acids is 2. The highest BCUT2D eigenvalue weighted by Crippen LogP contribution is 2.43. The topological polar surface area (TPSA) is 134 Å². The van der Waals surface area contributed by atoms with Crippen molar-refractivity contribution in [1.29, 1.82) is 0 Å². The SMILES string of the molecule is CC/C=C\C/C=C\C/C=C\C/C=C\C/C=C\C/C=C\C/C=C\CCCCCCCCCC(=O)OC(COC(=O)CCCCCCCCC)COP(=O)(O)OCCN. The maximum Gasteiger partial charge on any atom is 0.472 e. The van der Waals surface area contributed by atoms with Crippen LogP contribution in [0.1, 0.15) is 168 Å². The minimum absolute atomic E-state index is 0.0478. The average Bonchev–Trinajstić information content (AvgIpc) is 3.20. The number of phosphoric acid groups is 1. The van der Waals surface area contributed by atoms with E-state index < -0.39 is 32.5 Å². The van der Waals surface area contributed by atoms with Crippen LogP contribution in [0.25, 0.3) is 0 Å². The Hall–Kier alpha value is -2.81. The van der Waals surface area contributed by atoms with Crippen molar-refractivity contribution < 1.29 is 37.6 Å². The minimum Gasteiger partial charge on any atom is -0.462 e. The number of ether oxygens (including phenoxy) is 2. The second-order valence-corrected chi connectivity index (χ2v) is 15.6.